The predicted molar refractivity (Wildman–Crippen MR) is 67.0 cm³/mol. The minimum Gasteiger partial charge on any atom is -0.322 e. The number of nitrogens with one attached hydrogen (secondary N) is 1. The summed E-state index contributed by atoms with van der Waals surface area (Å²) in [7, 11) is 0. The first kappa shape index (κ1) is 12.6. The van der Waals surface area contributed by atoms with Crippen LogP contribution < -0.4 is 5.32 Å². The normalized spacial score (nSPS) is 12.2. The van der Waals surface area contributed by atoms with E-state index >= 15 is 0 Å². The quantitative estimate of drug-likeness (QED) is 0.929. The Kier molecular flexibility index (Phi) is 3.62. The maximum Gasteiger partial charge on any atom is 0.249 e. The van der Waals surface area contributed by atoms with Gasteiger partial charge in [-0.25, -0.2) is 4.39 Å². The first-order valence-corrected chi connectivity index (χ1v) is 5.71. The fraction of sp³-hybridized carbons (Fsp3) is 0.167. The molecule has 0 aliphatic carbocycles. The molecule has 0 aliphatic heterocycles. The Bertz CT molecular complexity index is 556. The molecule has 1 aromatic heterocycles. The van der Waals surface area contributed by atoms with E-state index in [4.69, 9.17) is 11.6 Å². The largest absolute Gasteiger partial charge is 0.322 e. The highest BCUT2D eigenvalue weighted by atomic mass is 35.5. The molecule has 0 saturated heterocycles. The highest BCUT2D eigenvalue weighted by Crippen LogP contribution is 2.20. The summed E-state index contributed by atoms with van der Waals surface area (Å²) in [6.45, 7) is 1.68. The molecule has 2 aromatic rings. The summed E-state index contributed by atoms with van der Waals surface area (Å²) in [4.78, 5) is 11.9. The Labute approximate surface area is 108 Å². The van der Waals surface area contributed by atoms with Crippen LogP contribution in [0.3, 0.4) is 0 Å². The number of nitrogens with zero attached hydrogens (tertiary/aromatic N) is 2. The monoisotopic (exact) mass is 267 g/mol. The highest BCUT2D eigenvalue weighted by Gasteiger charge is 2.16. The average Bonchev–Trinajstić information content (AvgIpc) is 2.85. The summed E-state index contributed by atoms with van der Waals surface area (Å²) in [5.41, 5.74) is 0.100. The average molecular weight is 268 g/mol. The molecule has 1 aromatic carbocycles. The van der Waals surface area contributed by atoms with Crippen molar-refractivity contribution in [3.63, 3.8) is 0 Å². The van der Waals surface area contributed by atoms with Crippen LogP contribution in [0, 0.1) is 5.82 Å². The number of carbonyl (C=O) groups is 1. The van der Waals surface area contributed by atoms with Crippen molar-refractivity contribution in [1.82, 2.24) is 9.78 Å². The second kappa shape index (κ2) is 5.18. The number of halogens is 2. The zero-order valence-corrected chi connectivity index (χ0v) is 10.4. The van der Waals surface area contributed by atoms with Gasteiger partial charge in [0, 0.05) is 17.4 Å². The van der Waals surface area contributed by atoms with Crippen LogP contribution in [0.1, 0.15) is 13.0 Å². The molecular weight excluding hydrogens is 257 g/mol. The number of benzene rings is 1. The minimum absolute atomic E-state index is 0.100. The van der Waals surface area contributed by atoms with Crippen molar-refractivity contribution >= 4 is 23.2 Å². The van der Waals surface area contributed by atoms with Gasteiger partial charge in [0.15, 0.2) is 0 Å². The van der Waals surface area contributed by atoms with Crippen molar-refractivity contribution in [1.29, 1.82) is 0 Å². The van der Waals surface area contributed by atoms with Crippen LogP contribution in [-0.2, 0) is 4.79 Å². The first-order chi connectivity index (χ1) is 8.58. The molecule has 0 spiro atoms. The van der Waals surface area contributed by atoms with Crippen molar-refractivity contribution in [2.24, 2.45) is 0 Å². The molecule has 4 nitrogen and oxygen atoms in total. The number of amides is 1. The molecule has 1 amide bonds. The molecule has 0 aliphatic rings. The molecule has 0 unspecified atom stereocenters. The van der Waals surface area contributed by atoms with E-state index in [0.29, 0.717) is 0 Å². The number of rotatable bonds is 3. The Morgan fingerprint density at radius 3 is 2.94 bits per heavy atom. The van der Waals surface area contributed by atoms with E-state index < -0.39 is 11.9 Å². The number of carbonyl (C=O) groups excluding carboxylic acids is 1. The van der Waals surface area contributed by atoms with E-state index in [1.165, 1.54) is 16.8 Å². The van der Waals surface area contributed by atoms with Gasteiger partial charge in [-0.05, 0) is 31.2 Å². The number of hydrogen-bond acceptors (Lipinski definition) is 2. The van der Waals surface area contributed by atoms with Crippen LogP contribution >= 0.6 is 11.6 Å². The maximum absolute atomic E-state index is 13.5. The number of anilines is 1. The smallest absolute Gasteiger partial charge is 0.249 e. The van der Waals surface area contributed by atoms with Gasteiger partial charge >= 0.3 is 0 Å². The predicted octanol–water partition coefficient (Wildman–Crippen LogP) is 2.88. The van der Waals surface area contributed by atoms with Crippen molar-refractivity contribution < 1.29 is 9.18 Å². The van der Waals surface area contributed by atoms with Gasteiger partial charge in [-0.15, -0.1) is 0 Å². The van der Waals surface area contributed by atoms with E-state index in [1.807, 2.05) is 0 Å². The summed E-state index contributed by atoms with van der Waals surface area (Å²) in [6.07, 6.45) is 3.25. The molecule has 1 atom stereocenters. The van der Waals surface area contributed by atoms with Crippen molar-refractivity contribution in [2.45, 2.75) is 13.0 Å². The molecular formula is C12H11ClFN3O. The molecule has 0 bridgehead atoms. The molecule has 0 fully saturated rings. The Morgan fingerprint density at radius 1 is 1.56 bits per heavy atom. The molecule has 1 heterocycles. The SMILES string of the molecule is C[C@H](C(=O)Nc1ccc(Cl)cc1F)n1cccn1. The highest BCUT2D eigenvalue weighted by molar-refractivity contribution is 6.30. The van der Waals surface area contributed by atoms with Gasteiger partial charge in [-0.1, -0.05) is 11.6 Å². The number of hydrogen-bond donors (Lipinski definition) is 1. The Hall–Kier alpha value is -1.88. The van der Waals surface area contributed by atoms with Gasteiger partial charge < -0.3 is 5.32 Å². The topological polar surface area (TPSA) is 46.9 Å². The molecule has 1 N–H and O–H groups in total. The zero-order valence-electron chi connectivity index (χ0n) is 9.60. The van der Waals surface area contributed by atoms with Gasteiger partial charge in [0.25, 0.3) is 0 Å². The van der Waals surface area contributed by atoms with Crippen LogP contribution in [0.5, 0.6) is 0 Å². The Balaban J connectivity index is 2.12. The molecule has 0 saturated carbocycles. The summed E-state index contributed by atoms with van der Waals surface area (Å²) >= 11 is 5.63. The van der Waals surface area contributed by atoms with Crippen molar-refractivity contribution in [2.75, 3.05) is 5.32 Å². The van der Waals surface area contributed by atoms with Crippen molar-refractivity contribution in [3.8, 4) is 0 Å². The summed E-state index contributed by atoms with van der Waals surface area (Å²) in [5, 5.41) is 6.73. The lowest BCUT2D eigenvalue weighted by Gasteiger charge is -2.13. The third-order valence-electron chi connectivity index (χ3n) is 2.49. The van der Waals surface area contributed by atoms with E-state index in [-0.39, 0.29) is 16.6 Å². The molecule has 0 radical (unpaired) electrons. The van der Waals surface area contributed by atoms with Crippen LogP contribution in [0.4, 0.5) is 10.1 Å². The fourth-order valence-electron chi connectivity index (χ4n) is 1.46. The van der Waals surface area contributed by atoms with Crippen molar-refractivity contribution in [3.05, 3.63) is 47.5 Å². The summed E-state index contributed by atoms with van der Waals surface area (Å²) in [6, 6.07) is 5.28. The lowest BCUT2D eigenvalue weighted by molar-refractivity contribution is -0.119. The second-order valence-corrected chi connectivity index (χ2v) is 4.21. The summed E-state index contributed by atoms with van der Waals surface area (Å²) < 4.78 is 15.0. The van der Waals surface area contributed by atoms with Gasteiger partial charge in [-0.2, -0.15) is 5.10 Å². The van der Waals surface area contributed by atoms with Crippen LogP contribution in [0.25, 0.3) is 0 Å². The van der Waals surface area contributed by atoms with Gasteiger partial charge in [-0.3, -0.25) is 9.48 Å². The maximum atomic E-state index is 13.5. The lowest BCUT2D eigenvalue weighted by Crippen LogP contribution is -2.24. The second-order valence-electron chi connectivity index (χ2n) is 3.78. The summed E-state index contributed by atoms with van der Waals surface area (Å²) in [5.74, 6) is -0.913. The third kappa shape index (κ3) is 2.68. The third-order valence-corrected chi connectivity index (χ3v) is 2.73. The lowest BCUT2D eigenvalue weighted by atomic mass is 10.2. The van der Waals surface area contributed by atoms with Gasteiger partial charge in [0.05, 0.1) is 5.69 Å². The van der Waals surface area contributed by atoms with E-state index in [9.17, 15) is 9.18 Å². The first-order valence-electron chi connectivity index (χ1n) is 5.33. The minimum atomic E-state index is -0.566. The van der Waals surface area contributed by atoms with Crippen LogP contribution in [0.2, 0.25) is 5.02 Å². The molecule has 18 heavy (non-hydrogen) atoms. The standard InChI is InChI=1S/C12H11ClFN3O/c1-8(17-6-2-5-15-17)12(18)16-11-4-3-9(13)7-10(11)14/h2-8H,1H3,(H,16,18)/t8-/m1/s1. The van der Waals surface area contributed by atoms with E-state index in [0.717, 1.165) is 6.07 Å². The molecule has 6 heteroatoms. The zero-order chi connectivity index (χ0) is 13.1. The van der Waals surface area contributed by atoms with E-state index in [2.05, 4.69) is 10.4 Å². The fourth-order valence-corrected chi connectivity index (χ4v) is 1.62. The van der Waals surface area contributed by atoms with Crippen LogP contribution in [0.15, 0.2) is 36.7 Å². The van der Waals surface area contributed by atoms with Crippen LogP contribution in [-0.4, -0.2) is 15.7 Å². The number of aromatic nitrogens is 2. The van der Waals surface area contributed by atoms with E-state index in [1.54, 1.807) is 25.4 Å². The molecule has 2 rings (SSSR count). The van der Waals surface area contributed by atoms with Gasteiger partial charge in [0.2, 0.25) is 5.91 Å². The Morgan fingerprint density at radius 2 is 2.33 bits per heavy atom. The van der Waals surface area contributed by atoms with Gasteiger partial charge in [0.1, 0.15) is 11.9 Å². The molecule has 94 valence electrons.